The van der Waals surface area contributed by atoms with Crippen molar-refractivity contribution in [1.29, 1.82) is 0 Å². The molecule has 2 aliphatic heterocycles. The summed E-state index contributed by atoms with van der Waals surface area (Å²) in [4.78, 5) is 25.9. The third-order valence-electron chi connectivity index (χ3n) is 5.80. The Hall–Kier alpha value is -2.40. The third-order valence-corrected chi connectivity index (χ3v) is 7.37. The molecule has 0 unspecified atom stereocenters. The van der Waals surface area contributed by atoms with Crippen LogP contribution in [0.15, 0.2) is 59.7 Å². The van der Waals surface area contributed by atoms with Crippen molar-refractivity contribution in [3.63, 3.8) is 0 Å². The van der Waals surface area contributed by atoms with Gasteiger partial charge in [0.2, 0.25) is 0 Å². The number of thioether (sulfide) groups is 1. The smallest absolute Gasteiger partial charge is 0.261 e. The lowest BCUT2D eigenvalue weighted by atomic mass is 9.67. The molecule has 5 heteroatoms. The second-order valence-electron chi connectivity index (χ2n) is 7.74. The molecule has 4 rings (SSSR count). The predicted octanol–water partition coefficient (Wildman–Crippen LogP) is 4.79. The average Bonchev–Trinajstić information content (AvgIpc) is 3.17. The van der Waals surface area contributed by atoms with Gasteiger partial charge in [-0.05, 0) is 50.1 Å². The number of Topliss-reactive ketones (excluding diaryl/α,β-unsaturated/α-hetero) is 1. The van der Waals surface area contributed by atoms with Gasteiger partial charge in [-0.15, -0.1) is 0 Å². The van der Waals surface area contributed by atoms with Crippen molar-refractivity contribution < 1.29 is 9.59 Å². The molecule has 2 heterocycles. The molecule has 0 aromatic heterocycles. The highest BCUT2D eigenvalue weighted by Gasteiger charge is 2.63. The Morgan fingerprint density at radius 3 is 2.61 bits per heavy atom. The summed E-state index contributed by atoms with van der Waals surface area (Å²) in [7, 11) is 0. The van der Waals surface area contributed by atoms with E-state index in [0.29, 0.717) is 6.42 Å². The number of aryl methyl sites for hydroxylation is 1. The van der Waals surface area contributed by atoms with Crippen molar-refractivity contribution in [1.82, 2.24) is 0 Å². The maximum absolute atomic E-state index is 13.9. The highest BCUT2D eigenvalue weighted by atomic mass is 32.2. The minimum absolute atomic E-state index is 0.0149. The second kappa shape index (κ2) is 7.21. The first kappa shape index (κ1) is 18.9. The molecule has 1 spiro atoms. The maximum atomic E-state index is 13.9. The molecule has 0 saturated carbocycles. The summed E-state index contributed by atoms with van der Waals surface area (Å²) in [5.41, 5.74) is 3.10. The molecule has 0 N–H and O–H groups in total. The molecule has 0 aliphatic carbocycles. The molecule has 2 aliphatic rings. The normalized spacial score (nSPS) is 26.8. The first-order valence-electron chi connectivity index (χ1n) is 9.57. The van der Waals surface area contributed by atoms with E-state index in [-0.39, 0.29) is 22.9 Å². The lowest BCUT2D eigenvalue weighted by Crippen LogP contribution is -2.46. The molecule has 2 aromatic rings. The van der Waals surface area contributed by atoms with E-state index in [0.717, 1.165) is 22.7 Å². The molecule has 144 valence electrons. The Morgan fingerprint density at radius 2 is 1.93 bits per heavy atom. The molecule has 28 heavy (non-hydrogen) atoms. The van der Waals surface area contributed by atoms with Gasteiger partial charge >= 0.3 is 0 Å². The van der Waals surface area contributed by atoms with Gasteiger partial charge in [0, 0.05) is 11.7 Å². The van der Waals surface area contributed by atoms with E-state index >= 15 is 0 Å². The zero-order valence-electron chi connectivity index (χ0n) is 16.4. The molecule has 2 aromatic carbocycles. The van der Waals surface area contributed by atoms with Gasteiger partial charge in [-0.2, -0.15) is 21.9 Å². The van der Waals surface area contributed by atoms with Crippen molar-refractivity contribution in [2.75, 3.05) is 10.8 Å². The molecule has 3 atom stereocenters. The van der Waals surface area contributed by atoms with Crippen LogP contribution in [0.1, 0.15) is 36.6 Å². The van der Waals surface area contributed by atoms with Crippen LogP contribution in [0.2, 0.25) is 0 Å². The van der Waals surface area contributed by atoms with Gasteiger partial charge in [0.25, 0.3) is 5.91 Å². The maximum Gasteiger partial charge on any atom is 0.261 e. The van der Waals surface area contributed by atoms with Gasteiger partial charge in [-0.3, -0.25) is 4.79 Å². The highest BCUT2D eigenvalue weighted by molar-refractivity contribution is 7.99. The Morgan fingerprint density at radius 1 is 1.18 bits per heavy atom. The van der Waals surface area contributed by atoms with Gasteiger partial charge in [0.1, 0.15) is 11.2 Å². The van der Waals surface area contributed by atoms with Gasteiger partial charge in [0.15, 0.2) is 0 Å². The lowest BCUT2D eigenvalue weighted by molar-refractivity contribution is -0.126. The Bertz CT molecular complexity index is 956. The molecular formula is C23H24N2O2S. The minimum Gasteiger partial charge on any atom is -0.300 e. The fraction of sp³-hybridized carbons (Fsp3) is 0.348. The number of rotatable bonds is 4. The highest BCUT2D eigenvalue weighted by Crippen LogP contribution is 2.61. The molecule has 1 fully saturated rings. The minimum atomic E-state index is -0.778. The quantitative estimate of drug-likeness (QED) is 0.752. The summed E-state index contributed by atoms with van der Waals surface area (Å²) in [6.45, 7) is 5.62. The fourth-order valence-corrected chi connectivity index (χ4v) is 6.44. The number of benzene rings is 2. The number of hydrazone groups is 1. The average molecular weight is 393 g/mol. The van der Waals surface area contributed by atoms with E-state index in [1.807, 2.05) is 43.3 Å². The number of hydrogen-bond acceptors (Lipinski definition) is 4. The first-order valence-corrected chi connectivity index (χ1v) is 10.6. The number of para-hydroxylation sites is 1. The summed E-state index contributed by atoms with van der Waals surface area (Å²) in [6, 6.07) is 17.9. The van der Waals surface area contributed by atoms with Gasteiger partial charge in [-0.1, -0.05) is 48.0 Å². The van der Waals surface area contributed by atoms with Crippen molar-refractivity contribution in [2.45, 2.75) is 32.4 Å². The van der Waals surface area contributed by atoms with Crippen LogP contribution < -0.4 is 5.01 Å². The SMILES string of the molecule is CC(=O)C[C@H]1CS[C@@H](c2cccc(C)c2)[C@]12C(=O)N(c1ccccc1)N=C2C. The number of amides is 1. The Kier molecular flexibility index (Phi) is 4.88. The molecule has 1 amide bonds. The number of nitrogens with zero attached hydrogens (tertiary/aromatic N) is 2. The predicted molar refractivity (Wildman–Crippen MR) is 115 cm³/mol. The fourth-order valence-electron chi connectivity index (χ4n) is 4.57. The van der Waals surface area contributed by atoms with E-state index in [4.69, 9.17) is 5.10 Å². The third kappa shape index (κ3) is 2.89. The first-order chi connectivity index (χ1) is 13.4. The summed E-state index contributed by atoms with van der Waals surface area (Å²) in [5.74, 6) is 0.831. The lowest BCUT2D eigenvalue weighted by Gasteiger charge is -2.34. The molecule has 4 nitrogen and oxygen atoms in total. The molecule has 0 radical (unpaired) electrons. The topological polar surface area (TPSA) is 49.7 Å². The van der Waals surface area contributed by atoms with Gasteiger partial charge < -0.3 is 4.79 Å². The van der Waals surface area contributed by atoms with Crippen LogP contribution in [0.3, 0.4) is 0 Å². The molecular weight excluding hydrogens is 368 g/mol. The number of ketones is 1. The monoisotopic (exact) mass is 392 g/mol. The largest absolute Gasteiger partial charge is 0.300 e. The Labute approximate surface area is 170 Å². The van der Waals surface area contributed by atoms with Crippen LogP contribution in [-0.2, 0) is 9.59 Å². The summed E-state index contributed by atoms with van der Waals surface area (Å²) in [6.07, 6.45) is 0.399. The number of hydrogen-bond donors (Lipinski definition) is 0. The number of anilines is 1. The van der Waals surface area contributed by atoms with Crippen molar-refractivity contribution in [3.8, 4) is 0 Å². The second-order valence-corrected chi connectivity index (χ2v) is 8.88. The van der Waals surface area contributed by atoms with E-state index in [1.165, 1.54) is 10.6 Å². The zero-order chi connectivity index (χ0) is 19.9. The summed E-state index contributed by atoms with van der Waals surface area (Å²) < 4.78 is 0. The number of carbonyl (C=O) groups is 2. The van der Waals surface area contributed by atoms with E-state index < -0.39 is 5.41 Å². The van der Waals surface area contributed by atoms with Crippen molar-refractivity contribution in [3.05, 3.63) is 65.7 Å². The van der Waals surface area contributed by atoms with Gasteiger partial charge in [-0.25, -0.2) is 0 Å². The zero-order valence-corrected chi connectivity index (χ0v) is 17.2. The van der Waals surface area contributed by atoms with E-state index in [1.54, 1.807) is 18.7 Å². The van der Waals surface area contributed by atoms with Crippen molar-refractivity contribution in [2.24, 2.45) is 16.4 Å². The summed E-state index contributed by atoms with van der Waals surface area (Å²) >= 11 is 1.77. The van der Waals surface area contributed by atoms with Gasteiger partial charge in [0.05, 0.1) is 11.4 Å². The van der Waals surface area contributed by atoms with E-state index in [9.17, 15) is 9.59 Å². The number of carbonyl (C=O) groups excluding carboxylic acids is 2. The van der Waals surface area contributed by atoms with Crippen LogP contribution in [0.4, 0.5) is 5.69 Å². The molecule has 1 saturated heterocycles. The van der Waals surface area contributed by atoms with Crippen LogP contribution in [0.5, 0.6) is 0 Å². The van der Waals surface area contributed by atoms with Crippen LogP contribution >= 0.6 is 11.8 Å². The summed E-state index contributed by atoms with van der Waals surface area (Å²) in [5, 5.41) is 6.21. The van der Waals surface area contributed by atoms with Crippen LogP contribution in [0.25, 0.3) is 0 Å². The molecule has 0 bridgehead atoms. The van der Waals surface area contributed by atoms with Crippen LogP contribution in [0, 0.1) is 18.3 Å². The van der Waals surface area contributed by atoms with Crippen molar-refractivity contribution >= 4 is 34.9 Å². The standard InChI is InChI=1S/C23H24N2O2S/c1-15-8-7-9-18(12-15)21-23(19(14-28-21)13-16(2)26)17(3)24-25(22(23)27)20-10-5-4-6-11-20/h4-12,19,21H,13-14H2,1-3H3/t19-,21-,23+/m0/s1. The van der Waals surface area contributed by atoms with E-state index in [2.05, 4.69) is 25.1 Å². The Balaban J connectivity index is 1.84. The van der Waals surface area contributed by atoms with Crippen LogP contribution in [-0.4, -0.2) is 23.2 Å².